The summed E-state index contributed by atoms with van der Waals surface area (Å²) in [6.07, 6.45) is 1.53. The molecule has 0 saturated heterocycles. The Kier molecular flexibility index (Phi) is 3.99. The summed E-state index contributed by atoms with van der Waals surface area (Å²) in [7, 11) is 0. The molecule has 1 atom stereocenters. The van der Waals surface area contributed by atoms with E-state index in [1.807, 2.05) is 0 Å². The average molecular weight is 222 g/mol. The molecule has 1 aromatic rings. The van der Waals surface area contributed by atoms with Crippen molar-refractivity contribution in [2.45, 2.75) is 13.8 Å². The summed E-state index contributed by atoms with van der Waals surface area (Å²) in [6, 6.07) is 5.04. The van der Waals surface area contributed by atoms with Crippen molar-refractivity contribution in [1.29, 1.82) is 0 Å². The quantitative estimate of drug-likeness (QED) is 0.754. The lowest BCUT2D eigenvalue weighted by Gasteiger charge is -2.15. The highest BCUT2D eigenvalue weighted by Crippen LogP contribution is 2.13. The van der Waals surface area contributed by atoms with Crippen LogP contribution in [0.2, 0.25) is 0 Å². The zero-order chi connectivity index (χ0) is 12.1. The Balaban J connectivity index is 2.74. The van der Waals surface area contributed by atoms with Crippen molar-refractivity contribution >= 4 is 17.7 Å². The van der Waals surface area contributed by atoms with Crippen molar-refractivity contribution in [2.24, 2.45) is 11.8 Å². The summed E-state index contributed by atoms with van der Waals surface area (Å²) in [6.45, 7) is 3.38. The first-order chi connectivity index (χ1) is 7.52. The van der Waals surface area contributed by atoms with Crippen molar-refractivity contribution in [3.8, 4) is 0 Å². The monoisotopic (exact) mass is 222 g/mol. The number of carbonyl (C=O) groups excluding carboxylic acids is 1. The number of hydrogen-bond donors (Lipinski definition) is 2. The van der Waals surface area contributed by atoms with Gasteiger partial charge >= 0.3 is 5.97 Å². The lowest BCUT2D eigenvalue weighted by atomic mass is 9.95. The topological polar surface area (TPSA) is 79.3 Å². The van der Waals surface area contributed by atoms with Crippen LogP contribution in [0.15, 0.2) is 24.4 Å². The molecule has 5 nitrogen and oxygen atoms in total. The minimum Gasteiger partial charge on any atom is -0.481 e. The molecule has 2 N–H and O–H groups in total. The van der Waals surface area contributed by atoms with E-state index in [1.165, 1.54) is 6.20 Å². The summed E-state index contributed by atoms with van der Waals surface area (Å²) < 4.78 is 0. The predicted molar refractivity (Wildman–Crippen MR) is 58.8 cm³/mol. The smallest absolute Gasteiger partial charge is 0.316 e. The van der Waals surface area contributed by atoms with Gasteiger partial charge in [0.2, 0.25) is 5.91 Å². The highest BCUT2D eigenvalue weighted by atomic mass is 16.4. The van der Waals surface area contributed by atoms with Crippen LogP contribution in [-0.2, 0) is 9.59 Å². The Morgan fingerprint density at radius 3 is 2.50 bits per heavy atom. The Bertz CT molecular complexity index is 376. The van der Waals surface area contributed by atoms with Crippen LogP contribution in [-0.4, -0.2) is 22.0 Å². The maximum Gasteiger partial charge on any atom is 0.316 e. The molecule has 0 aliphatic heterocycles. The van der Waals surface area contributed by atoms with E-state index in [4.69, 9.17) is 5.11 Å². The molecule has 86 valence electrons. The third-order valence-corrected chi connectivity index (χ3v) is 2.13. The van der Waals surface area contributed by atoms with Crippen molar-refractivity contribution in [2.75, 3.05) is 5.32 Å². The molecule has 1 unspecified atom stereocenters. The number of nitrogens with zero attached hydrogens (tertiary/aromatic N) is 1. The van der Waals surface area contributed by atoms with E-state index in [1.54, 1.807) is 32.0 Å². The van der Waals surface area contributed by atoms with Gasteiger partial charge in [-0.15, -0.1) is 0 Å². The van der Waals surface area contributed by atoms with Crippen molar-refractivity contribution in [1.82, 2.24) is 4.98 Å². The van der Waals surface area contributed by atoms with Gasteiger partial charge in [0, 0.05) is 6.20 Å². The normalized spacial score (nSPS) is 12.2. The van der Waals surface area contributed by atoms with Crippen LogP contribution < -0.4 is 5.32 Å². The van der Waals surface area contributed by atoms with E-state index in [9.17, 15) is 9.59 Å². The van der Waals surface area contributed by atoms with Crippen LogP contribution in [0.1, 0.15) is 13.8 Å². The molecule has 0 saturated carbocycles. The van der Waals surface area contributed by atoms with Crippen LogP contribution in [0.3, 0.4) is 0 Å². The minimum atomic E-state index is -1.12. The number of amides is 1. The van der Waals surface area contributed by atoms with Gasteiger partial charge in [-0.1, -0.05) is 19.9 Å². The molecule has 1 heterocycles. The molecule has 0 aliphatic carbocycles. The van der Waals surface area contributed by atoms with E-state index in [0.717, 1.165) is 0 Å². The average Bonchev–Trinajstić information content (AvgIpc) is 2.17. The third-order valence-electron chi connectivity index (χ3n) is 2.13. The second-order valence-corrected chi connectivity index (χ2v) is 3.76. The predicted octanol–water partition coefficient (Wildman–Crippen LogP) is 1.38. The van der Waals surface area contributed by atoms with Gasteiger partial charge in [0.05, 0.1) is 0 Å². The zero-order valence-corrected chi connectivity index (χ0v) is 9.18. The van der Waals surface area contributed by atoms with Crippen molar-refractivity contribution in [3.05, 3.63) is 24.4 Å². The Morgan fingerprint density at radius 1 is 1.38 bits per heavy atom. The van der Waals surface area contributed by atoms with E-state index in [2.05, 4.69) is 10.3 Å². The Morgan fingerprint density at radius 2 is 2.06 bits per heavy atom. The molecular formula is C11H14N2O3. The van der Waals surface area contributed by atoms with E-state index in [0.29, 0.717) is 5.82 Å². The van der Waals surface area contributed by atoms with Gasteiger partial charge in [-0.2, -0.15) is 0 Å². The fraction of sp³-hybridized carbons (Fsp3) is 0.364. The number of pyridine rings is 1. The fourth-order valence-electron chi connectivity index (χ4n) is 1.34. The summed E-state index contributed by atoms with van der Waals surface area (Å²) in [5.41, 5.74) is 0. The van der Waals surface area contributed by atoms with Gasteiger partial charge in [-0.05, 0) is 18.1 Å². The van der Waals surface area contributed by atoms with Crippen LogP contribution in [0, 0.1) is 11.8 Å². The minimum absolute atomic E-state index is 0.263. The van der Waals surface area contributed by atoms with Crippen molar-refractivity contribution < 1.29 is 14.7 Å². The molecule has 0 aliphatic rings. The Hall–Kier alpha value is -1.91. The molecule has 0 fully saturated rings. The van der Waals surface area contributed by atoms with Crippen LogP contribution in [0.5, 0.6) is 0 Å². The van der Waals surface area contributed by atoms with Gasteiger partial charge in [-0.25, -0.2) is 4.98 Å². The number of hydrogen-bond acceptors (Lipinski definition) is 3. The summed E-state index contributed by atoms with van der Waals surface area (Å²) >= 11 is 0. The van der Waals surface area contributed by atoms with Gasteiger partial charge in [0.15, 0.2) is 0 Å². The highest BCUT2D eigenvalue weighted by molar-refractivity contribution is 6.03. The van der Waals surface area contributed by atoms with Gasteiger partial charge in [0.1, 0.15) is 11.7 Å². The number of anilines is 1. The first kappa shape index (κ1) is 12.2. The summed E-state index contributed by atoms with van der Waals surface area (Å²) in [4.78, 5) is 26.4. The molecule has 0 radical (unpaired) electrons. The lowest BCUT2D eigenvalue weighted by Crippen LogP contribution is -2.33. The Labute approximate surface area is 93.5 Å². The number of carbonyl (C=O) groups is 2. The van der Waals surface area contributed by atoms with E-state index in [-0.39, 0.29) is 5.92 Å². The van der Waals surface area contributed by atoms with E-state index < -0.39 is 17.8 Å². The first-order valence-corrected chi connectivity index (χ1v) is 4.97. The molecule has 1 amide bonds. The number of nitrogens with one attached hydrogen (secondary N) is 1. The molecule has 5 heteroatoms. The van der Waals surface area contributed by atoms with Crippen LogP contribution >= 0.6 is 0 Å². The molecule has 0 spiro atoms. The molecule has 16 heavy (non-hydrogen) atoms. The number of carboxylic acids is 1. The SMILES string of the molecule is CC(C)C(C(=O)O)C(=O)Nc1ccccn1. The van der Waals surface area contributed by atoms with Crippen molar-refractivity contribution in [3.63, 3.8) is 0 Å². The van der Waals surface area contributed by atoms with E-state index >= 15 is 0 Å². The maximum absolute atomic E-state index is 11.7. The number of rotatable bonds is 4. The molecular weight excluding hydrogens is 208 g/mol. The second kappa shape index (κ2) is 5.25. The molecule has 0 aromatic carbocycles. The fourth-order valence-corrected chi connectivity index (χ4v) is 1.34. The standard InChI is InChI=1S/C11H14N2O3/c1-7(2)9(11(15)16)10(14)13-8-5-3-4-6-12-8/h3-7,9H,1-2H3,(H,15,16)(H,12,13,14). The third kappa shape index (κ3) is 3.05. The molecule has 0 bridgehead atoms. The van der Waals surface area contributed by atoms with Crippen LogP contribution in [0.25, 0.3) is 0 Å². The van der Waals surface area contributed by atoms with Crippen LogP contribution in [0.4, 0.5) is 5.82 Å². The number of carboxylic acid groups (broad SMARTS) is 1. The zero-order valence-electron chi connectivity index (χ0n) is 9.18. The molecule has 1 aromatic heterocycles. The van der Waals surface area contributed by atoms with Gasteiger partial charge in [-0.3, -0.25) is 9.59 Å². The number of aromatic nitrogens is 1. The highest BCUT2D eigenvalue weighted by Gasteiger charge is 2.29. The molecule has 1 rings (SSSR count). The summed E-state index contributed by atoms with van der Waals surface area (Å²) in [5, 5.41) is 11.4. The lowest BCUT2D eigenvalue weighted by molar-refractivity contribution is -0.147. The largest absolute Gasteiger partial charge is 0.481 e. The maximum atomic E-state index is 11.7. The van der Waals surface area contributed by atoms with Gasteiger partial charge in [0.25, 0.3) is 0 Å². The number of aliphatic carboxylic acids is 1. The second-order valence-electron chi connectivity index (χ2n) is 3.76. The summed E-state index contributed by atoms with van der Waals surface area (Å²) in [5.74, 6) is -2.62. The van der Waals surface area contributed by atoms with Gasteiger partial charge < -0.3 is 10.4 Å². The first-order valence-electron chi connectivity index (χ1n) is 4.97.